The Hall–Kier alpha value is -1.10. The lowest BCUT2D eigenvalue weighted by molar-refractivity contribution is 0.207. The molecule has 0 N–H and O–H groups in total. The summed E-state index contributed by atoms with van der Waals surface area (Å²) in [5.41, 5.74) is 1.71. The Morgan fingerprint density at radius 1 is 1.53 bits per heavy atom. The molecule has 0 amide bonds. The summed E-state index contributed by atoms with van der Waals surface area (Å²) >= 11 is 3.49. The van der Waals surface area contributed by atoms with Crippen molar-refractivity contribution in [2.75, 3.05) is 13.6 Å². The molecule has 4 nitrogen and oxygen atoms in total. The van der Waals surface area contributed by atoms with Crippen molar-refractivity contribution in [2.24, 2.45) is 4.99 Å². The Bertz CT molecular complexity index is 449. The standard InChI is InChI=1S/C14H22BrN3O/c1-6-10(3)19-14-12(15)8-13(11(4)17-14)16-9-18(5)7-2/h8-10H,6-7H2,1-5H3. The van der Waals surface area contributed by atoms with Crippen LogP contribution in [-0.2, 0) is 0 Å². The van der Waals surface area contributed by atoms with Gasteiger partial charge in [-0.1, -0.05) is 6.92 Å². The largest absolute Gasteiger partial charge is 0.474 e. The van der Waals surface area contributed by atoms with Crippen LogP contribution < -0.4 is 4.74 Å². The molecule has 0 aromatic carbocycles. The second-order valence-electron chi connectivity index (χ2n) is 4.53. The third-order valence-electron chi connectivity index (χ3n) is 2.89. The SMILES string of the molecule is CCC(C)Oc1nc(C)c(N=CN(C)CC)cc1Br. The van der Waals surface area contributed by atoms with E-state index in [0.717, 1.165) is 28.8 Å². The minimum absolute atomic E-state index is 0.156. The lowest BCUT2D eigenvalue weighted by Gasteiger charge is -2.14. The van der Waals surface area contributed by atoms with E-state index in [1.54, 1.807) is 0 Å². The van der Waals surface area contributed by atoms with Crippen molar-refractivity contribution >= 4 is 28.0 Å². The highest BCUT2D eigenvalue weighted by Gasteiger charge is 2.10. The van der Waals surface area contributed by atoms with Crippen LogP contribution in [0.2, 0.25) is 0 Å². The molecule has 1 aromatic rings. The summed E-state index contributed by atoms with van der Waals surface area (Å²) in [5, 5.41) is 0. The van der Waals surface area contributed by atoms with Crippen LogP contribution in [0.5, 0.6) is 5.88 Å². The Labute approximate surface area is 124 Å². The summed E-state index contributed by atoms with van der Waals surface area (Å²) in [6, 6.07) is 1.94. The molecule has 0 bridgehead atoms. The van der Waals surface area contributed by atoms with Gasteiger partial charge in [0.1, 0.15) is 0 Å². The van der Waals surface area contributed by atoms with Crippen molar-refractivity contribution in [3.63, 3.8) is 0 Å². The van der Waals surface area contributed by atoms with Gasteiger partial charge in [0.05, 0.1) is 28.3 Å². The second-order valence-corrected chi connectivity index (χ2v) is 5.39. The molecule has 19 heavy (non-hydrogen) atoms. The monoisotopic (exact) mass is 327 g/mol. The fourth-order valence-electron chi connectivity index (χ4n) is 1.28. The van der Waals surface area contributed by atoms with Crippen LogP contribution >= 0.6 is 15.9 Å². The first-order valence-electron chi connectivity index (χ1n) is 6.56. The van der Waals surface area contributed by atoms with E-state index in [9.17, 15) is 0 Å². The normalized spacial score (nSPS) is 12.7. The molecule has 106 valence electrons. The van der Waals surface area contributed by atoms with Crippen molar-refractivity contribution < 1.29 is 4.74 Å². The number of pyridine rings is 1. The van der Waals surface area contributed by atoms with Crippen molar-refractivity contribution in [3.05, 3.63) is 16.2 Å². The molecule has 0 saturated carbocycles. The fraction of sp³-hybridized carbons (Fsp3) is 0.571. The number of aromatic nitrogens is 1. The van der Waals surface area contributed by atoms with Gasteiger partial charge >= 0.3 is 0 Å². The zero-order chi connectivity index (χ0) is 14.4. The van der Waals surface area contributed by atoms with Crippen LogP contribution in [0.4, 0.5) is 5.69 Å². The van der Waals surface area contributed by atoms with Gasteiger partial charge in [-0.3, -0.25) is 0 Å². The van der Waals surface area contributed by atoms with Gasteiger partial charge in [0.25, 0.3) is 0 Å². The molecule has 0 fully saturated rings. The fourth-order valence-corrected chi connectivity index (χ4v) is 1.68. The van der Waals surface area contributed by atoms with E-state index in [1.807, 2.05) is 38.2 Å². The number of aliphatic imine (C=N–C) groups is 1. The second kappa shape index (κ2) is 7.48. The Morgan fingerprint density at radius 3 is 2.79 bits per heavy atom. The van der Waals surface area contributed by atoms with Gasteiger partial charge < -0.3 is 9.64 Å². The summed E-state index contributed by atoms with van der Waals surface area (Å²) in [6.07, 6.45) is 2.92. The number of nitrogens with zero attached hydrogens (tertiary/aromatic N) is 3. The number of hydrogen-bond donors (Lipinski definition) is 0. The lowest BCUT2D eigenvalue weighted by atomic mass is 10.3. The molecule has 0 aliphatic carbocycles. The van der Waals surface area contributed by atoms with Crippen molar-refractivity contribution in [3.8, 4) is 5.88 Å². The van der Waals surface area contributed by atoms with E-state index < -0.39 is 0 Å². The molecule has 1 atom stereocenters. The summed E-state index contributed by atoms with van der Waals surface area (Å²) in [5.74, 6) is 0.634. The topological polar surface area (TPSA) is 37.7 Å². The summed E-state index contributed by atoms with van der Waals surface area (Å²) in [6.45, 7) is 9.06. The molecule has 0 aliphatic rings. The summed E-state index contributed by atoms with van der Waals surface area (Å²) in [7, 11) is 1.99. The maximum Gasteiger partial charge on any atom is 0.228 e. The average molecular weight is 328 g/mol. The Kier molecular flexibility index (Phi) is 6.28. The van der Waals surface area contributed by atoms with Gasteiger partial charge in [0, 0.05) is 13.6 Å². The predicted octanol–water partition coefficient (Wildman–Crippen LogP) is 3.94. The molecule has 5 heteroatoms. The van der Waals surface area contributed by atoms with Crippen molar-refractivity contribution in [2.45, 2.75) is 40.2 Å². The molecule has 1 unspecified atom stereocenters. The minimum atomic E-state index is 0.156. The number of halogens is 1. The smallest absolute Gasteiger partial charge is 0.228 e. The van der Waals surface area contributed by atoms with Crippen LogP contribution in [0.25, 0.3) is 0 Å². The van der Waals surface area contributed by atoms with Gasteiger partial charge in [0.2, 0.25) is 5.88 Å². The van der Waals surface area contributed by atoms with Gasteiger partial charge in [0.15, 0.2) is 0 Å². The average Bonchev–Trinajstić information content (AvgIpc) is 2.40. The number of ether oxygens (including phenoxy) is 1. The van der Waals surface area contributed by atoms with E-state index in [4.69, 9.17) is 4.74 Å². The highest BCUT2D eigenvalue weighted by atomic mass is 79.9. The first-order valence-corrected chi connectivity index (χ1v) is 7.35. The van der Waals surface area contributed by atoms with Crippen molar-refractivity contribution in [1.29, 1.82) is 0 Å². The quantitative estimate of drug-likeness (QED) is 0.586. The van der Waals surface area contributed by atoms with Gasteiger partial charge in [-0.05, 0) is 49.2 Å². The van der Waals surface area contributed by atoms with Gasteiger partial charge in [-0.2, -0.15) is 0 Å². The molecule has 1 rings (SSSR count). The first-order chi connectivity index (χ1) is 8.97. The highest BCUT2D eigenvalue weighted by Crippen LogP contribution is 2.30. The molecule has 1 heterocycles. The first kappa shape index (κ1) is 16.0. The van der Waals surface area contributed by atoms with E-state index in [-0.39, 0.29) is 6.10 Å². The maximum absolute atomic E-state index is 5.76. The van der Waals surface area contributed by atoms with Crippen LogP contribution in [0.3, 0.4) is 0 Å². The molecule has 0 spiro atoms. The Balaban J connectivity index is 2.93. The molecule has 0 saturated heterocycles. The van der Waals surface area contributed by atoms with Crippen LogP contribution in [-0.4, -0.2) is 35.9 Å². The van der Waals surface area contributed by atoms with E-state index in [1.165, 1.54) is 0 Å². The zero-order valence-electron chi connectivity index (χ0n) is 12.3. The third-order valence-corrected chi connectivity index (χ3v) is 3.46. The van der Waals surface area contributed by atoms with E-state index in [2.05, 4.69) is 39.8 Å². The highest BCUT2D eigenvalue weighted by molar-refractivity contribution is 9.10. The minimum Gasteiger partial charge on any atom is -0.474 e. The Morgan fingerprint density at radius 2 is 2.21 bits per heavy atom. The molecular formula is C14H22BrN3O. The molecule has 0 aliphatic heterocycles. The molecule has 1 aromatic heterocycles. The summed E-state index contributed by atoms with van der Waals surface area (Å²) < 4.78 is 6.59. The third kappa shape index (κ3) is 4.82. The maximum atomic E-state index is 5.76. The van der Waals surface area contributed by atoms with E-state index in [0.29, 0.717) is 5.88 Å². The number of aryl methyl sites for hydroxylation is 1. The van der Waals surface area contributed by atoms with Gasteiger partial charge in [-0.25, -0.2) is 9.98 Å². The number of rotatable bonds is 6. The summed E-state index contributed by atoms with van der Waals surface area (Å²) in [4.78, 5) is 10.9. The predicted molar refractivity (Wildman–Crippen MR) is 83.5 cm³/mol. The van der Waals surface area contributed by atoms with Crippen LogP contribution in [0.15, 0.2) is 15.5 Å². The zero-order valence-corrected chi connectivity index (χ0v) is 13.9. The van der Waals surface area contributed by atoms with Crippen LogP contribution in [0, 0.1) is 6.92 Å². The van der Waals surface area contributed by atoms with Crippen LogP contribution in [0.1, 0.15) is 32.9 Å². The molecule has 0 radical (unpaired) electrons. The lowest BCUT2D eigenvalue weighted by Crippen LogP contribution is -2.14. The number of hydrogen-bond acceptors (Lipinski definition) is 3. The van der Waals surface area contributed by atoms with Gasteiger partial charge in [-0.15, -0.1) is 0 Å². The van der Waals surface area contributed by atoms with E-state index >= 15 is 0 Å². The van der Waals surface area contributed by atoms with Crippen molar-refractivity contribution in [1.82, 2.24) is 9.88 Å². The molecular weight excluding hydrogens is 306 g/mol.